The van der Waals surface area contributed by atoms with Crippen molar-refractivity contribution in [3.63, 3.8) is 0 Å². The van der Waals surface area contributed by atoms with Crippen molar-refractivity contribution in [2.24, 2.45) is 0 Å². The monoisotopic (exact) mass is 1060 g/mol. The SMILES string of the molecule is CC/C=C\C/C=C\C/C=C\C/C=C\CCCCCCC(=O)OC(COC(=O)CCCCCCC/C=C\C/C=C\CCCCC)COP(=O)(O)OCC(CO)OC(=O)CCCCCCC/C=C\CCCCCCCC. The molecular formula is C62H107O11P. The fraction of sp³-hybridized carbons (Fsp3) is 0.726. The van der Waals surface area contributed by atoms with Gasteiger partial charge in [-0.1, -0.05) is 202 Å². The van der Waals surface area contributed by atoms with E-state index in [9.17, 15) is 28.9 Å². The average molecular weight is 1060 g/mol. The van der Waals surface area contributed by atoms with Crippen LogP contribution in [0.1, 0.15) is 252 Å². The van der Waals surface area contributed by atoms with Crippen molar-refractivity contribution in [1.82, 2.24) is 0 Å². The maximum absolute atomic E-state index is 12.9. The molecule has 0 amide bonds. The maximum Gasteiger partial charge on any atom is 0.472 e. The predicted octanol–water partition coefficient (Wildman–Crippen LogP) is 17.5. The van der Waals surface area contributed by atoms with Crippen molar-refractivity contribution in [2.75, 3.05) is 26.4 Å². The van der Waals surface area contributed by atoms with Gasteiger partial charge in [0.25, 0.3) is 0 Å². The second-order valence-corrected chi connectivity index (χ2v) is 20.9. The van der Waals surface area contributed by atoms with Gasteiger partial charge in [-0.2, -0.15) is 0 Å². The van der Waals surface area contributed by atoms with Gasteiger partial charge < -0.3 is 24.2 Å². The molecule has 0 heterocycles. The van der Waals surface area contributed by atoms with Crippen LogP contribution in [-0.2, 0) is 42.2 Å². The van der Waals surface area contributed by atoms with Gasteiger partial charge in [-0.25, -0.2) is 4.57 Å². The Labute approximate surface area is 451 Å². The van der Waals surface area contributed by atoms with Gasteiger partial charge in [-0.15, -0.1) is 0 Å². The molecule has 0 aliphatic rings. The highest BCUT2D eigenvalue weighted by molar-refractivity contribution is 7.47. The van der Waals surface area contributed by atoms with E-state index in [1.54, 1.807) is 0 Å². The molecular weight excluding hydrogens is 952 g/mol. The standard InChI is InChI=1S/C62H107O11P/c1-4-7-10-13-16-19-22-25-28-29-32-35-38-41-44-47-50-53-62(66)73-59(55-69-60(64)51-48-45-42-39-36-33-30-26-23-20-17-14-11-8-5-2)57-71-74(67,68)70-56-58(54-63)72-61(65)52-49-46-43-40-37-34-31-27-24-21-18-15-12-9-6-3/h7,10,16-17,19-20,25-28,30-32,35,58-59,63H,4-6,8-9,11-15,18,21-24,29,33-34,36-57H2,1-3H3,(H,67,68)/b10-7-,19-16-,20-17-,28-25-,30-26-,31-27-,35-32-. The molecule has 2 N–H and O–H groups in total. The van der Waals surface area contributed by atoms with Crippen LogP contribution in [0, 0.1) is 0 Å². The maximum atomic E-state index is 12.9. The Morgan fingerprint density at radius 1 is 0.392 bits per heavy atom. The number of allylic oxidation sites excluding steroid dienone is 14. The summed E-state index contributed by atoms with van der Waals surface area (Å²) in [6.07, 6.45) is 63.9. The van der Waals surface area contributed by atoms with Crippen LogP contribution in [-0.4, -0.2) is 66.5 Å². The highest BCUT2D eigenvalue weighted by Gasteiger charge is 2.28. The van der Waals surface area contributed by atoms with Crippen LogP contribution in [0.15, 0.2) is 85.1 Å². The third kappa shape index (κ3) is 53.5. The third-order valence-corrected chi connectivity index (χ3v) is 13.2. The molecule has 0 aliphatic heterocycles. The molecule has 0 aliphatic carbocycles. The minimum atomic E-state index is -4.76. The highest BCUT2D eigenvalue weighted by Crippen LogP contribution is 2.43. The quantitative estimate of drug-likeness (QED) is 0.0197. The Balaban J connectivity index is 4.79. The van der Waals surface area contributed by atoms with Crippen LogP contribution in [0.4, 0.5) is 0 Å². The molecule has 0 aromatic heterocycles. The zero-order valence-electron chi connectivity index (χ0n) is 47.0. The summed E-state index contributed by atoms with van der Waals surface area (Å²) in [5.74, 6) is -1.52. The number of phosphoric acid groups is 1. The minimum Gasteiger partial charge on any atom is -0.462 e. The Bertz CT molecular complexity index is 1560. The predicted molar refractivity (Wildman–Crippen MR) is 307 cm³/mol. The van der Waals surface area contributed by atoms with Gasteiger partial charge in [0, 0.05) is 19.3 Å². The summed E-state index contributed by atoms with van der Waals surface area (Å²) in [7, 11) is -4.76. The lowest BCUT2D eigenvalue weighted by Crippen LogP contribution is -2.30. The van der Waals surface area contributed by atoms with E-state index in [4.69, 9.17) is 23.3 Å². The number of hydrogen-bond donors (Lipinski definition) is 2. The lowest BCUT2D eigenvalue weighted by atomic mass is 10.1. The molecule has 11 nitrogen and oxygen atoms in total. The number of unbranched alkanes of at least 4 members (excludes halogenated alkanes) is 23. The van der Waals surface area contributed by atoms with Gasteiger partial charge in [0.2, 0.25) is 0 Å². The van der Waals surface area contributed by atoms with Crippen LogP contribution in [0.3, 0.4) is 0 Å². The molecule has 0 spiro atoms. The van der Waals surface area contributed by atoms with Crippen molar-refractivity contribution in [1.29, 1.82) is 0 Å². The van der Waals surface area contributed by atoms with Crippen LogP contribution in [0.5, 0.6) is 0 Å². The van der Waals surface area contributed by atoms with Crippen molar-refractivity contribution in [2.45, 2.75) is 264 Å². The van der Waals surface area contributed by atoms with Gasteiger partial charge in [0.05, 0.1) is 19.8 Å². The topological polar surface area (TPSA) is 155 Å². The number of carbonyl (C=O) groups is 3. The number of aliphatic hydroxyl groups is 1. The van der Waals surface area contributed by atoms with E-state index in [1.165, 1.54) is 57.8 Å². The van der Waals surface area contributed by atoms with Crippen LogP contribution < -0.4 is 0 Å². The fourth-order valence-electron chi connectivity index (χ4n) is 7.78. The third-order valence-electron chi connectivity index (χ3n) is 12.3. The molecule has 0 rings (SSSR count). The van der Waals surface area contributed by atoms with Gasteiger partial charge >= 0.3 is 25.7 Å². The van der Waals surface area contributed by atoms with E-state index < -0.39 is 57.8 Å². The Morgan fingerprint density at radius 2 is 0.703 bits per heavy atom. The van der Waals surface area contributed by atoms with E-state index >= 15 is 0 Å². The molecule has 3 unspecified atom stereocenters. The second kappa shape index (κ2) is 55.9. The minimum absolute atomic E-state index is 0.133. The lowest BCUT2D eigenvalue weighted by Gasteiger charge is -2.21. The Kier molecular flexibility index (Phi) is 53.4. The number of phosphoric ester groups is 1. The first-order valence-corrected chi connectivity index (χ1v) is 31.0. The fourth-order valence-corrected chi connectivity index (χ4v) is 8.57. The van der Waals surface area contributed by atoms with E-state index in [-0.39, 0.29) is 25.9 Å². The number of hydrogen-bond acceptors (Lipinski definition) is 10. The normalized spacial score (nSPS) is 14.0. The van der Waals surface area contributed by atoms with Crippen molar-refractivity contribution in [3.8, 4) is 0 Å². The van der Waals surface area contributed by atoms with Gasteiger partial charge in [-0.05, 0) is 116 Å². The number of ether oxygens (including phenoxy) is 3. The van der Waals surface area contributed by atoms with Gasteiger partial charge in [0.1, 0.15) is 12.7 Å². The highest BCUT2D eigenvalue weighted by atomic mass is 31.2. The molecule has 0 aromatic rings. The molecule has 3 atom stereocenters. The molecule has 0 fully saturated rings. The second-order valence-electron chi connectivity index (χ2n) is 19.4. The lowest BCUT2D eigenvalue weighted by molar-refractivity contribution is -0.161. The number of aliphatic hydroxyl groups excluding tert-OH is 1. The average Bonchev–Trinajstić information content (AvgIpc) is 3.39. The number of carbonyl (C=O) groups excluding carboxylic acids is 3. The van der Waals surface area contributed by atoms with E-state index in [0.717, 1.165) is 135 Å². The van der Waals surface area contributed by atoms with E-state index in [0.29, 0.717) is 19.3 Å². The molecule has 12 heteroatoms. The Morgan fingerprint density at radius 3 is 1.12 bits per heavy atom. The summed E-state index contributed by atoms with van der Waals surface area (Å²) in [5, 5.41) is 9.82. The molecule has 0 radical (unpaired) electrons. The van der Waals surface area contributed by atoms with Gasteiger partial charge in [0.15, 0.2) is 6.10 Å². The molecule has 74 heavy (non-hydrogen) atoms. The number of rotatable bonds is 54. The molecule has 0 saturated carbocycles. The first kappa shape index (κ1) is 70.7. The largest absolute Gasteiger partial charge is 0.472 e. The van der Waals surface area contributed by atoms with Gasteiger partial charge in [-0.3, -0.25) is 23.4 Å². The van der Waals surface area contributed by atoms with Crippen LogP contribution >= 0.6 is 7.82 Å². The molecule has 426 valence electrons. The molecule has 0 bridgehead atoms. The molecule has 0 saturated heterocycles. The summed E-state index contributed by atoms with van der Waals surface area (Å²) >= 11 is 0. The zero-order valence-corrected chi connectivity index (χ0v) is 47.9. The zero-order chi connectivity index (χ0) is 54.1. The van der Waals surface area contributed by atoms with E-state index in [2.05, 4.69) is 106 Å². The van der Waals surface area contributed by atoms with Crippen LogP contribution in [0.25, 0.3) is 0 Å². The first-order chi connectivity index (χ1) is 36.2. The summed E-state index contributed by atoms with van der Waals surface area (Å²) < 4.78 is 39.5. The summed E-state index contributed by atoms with van der Waals surface area (Å²) in [4.78, 5) is 48.6. The first-order valence-electron chi connectivity index (χ1n) is 29.5. The van der Waals surface area contributed by atoms with Crippen molar-refractivity contribution < 1.29 is 52.2 Å². The van der Waals surface area contributed by atoms with Crippen molar-refractivity contribution >= 4 is 25.7 Å². The van der Waals surface area contributed by atoms with Crippen LogP contribution in [0.2, 0.25) is 0 Å². The summed E-state index contributed by atoms with van der Waals surface area (Å²) in [5.41, 5.74) is 0. The summed E-state index contributed by atoms with van der Waals surface area (Å²) in [6, 6.07) is 0. The molecule has 0 aromatic carbocycles. The smallest absolute Gasteiger partial charge is 0.462 e. The van der Waals surface area contributed by atoms with E-state index in [1.807, 2.05) is 0 Å². The number of esters is 3. The Hall–Kier alpha value is -3.34. The van der Waals surface area contributed by atoms with Crippen molar-refractivity contribution in [3.05, 3.63) is 85.1 Å². The summed E-state index contributed by atoms with van der Waals surface area (Å²) in [6.45, 7) is 4.45.